The summed E-state index contributed by atoms with van der Waals surface area (Å²) in [5.41, 5.74) is 1.16. The molecule has 1 nitrogen and oxygen atoms in total. The van der Waals surface area contributed by atoms with Crippen molar-refractivity contribution in [2.24, 2.45) is 17.8 Å². The van der Waals surface area contributed by atoms with Gasteiger partial charge in [0.2, 0.25) is 5.82 Å². The number of ether oxygens (including phenoxy) is 1. The molecule has 0 bridgehead atoms. The standard InChI is InChI=1S/C25H29F3O/c1-3-5-15-6-8-19-17(15)10-11-20(19)21-9-7-16(14-22(21)26)18-12-13-23(29-4-2)25(28)24(18)27/h7,9,12-15,17,19-20H,3-6,8,10-11H2,1-2H3. The molecule has 2 aromatic rings. The third-order valence-electron chi connectivity index (χ3n) is 7.07. The van der Waals surface area contributed by atoms with Gasteiger partial charge >= 0.3 is 0 Å². The highest BCUT2D eigenvalue weighted by Crippen LogP contribution is 2.55. The fourth-order valence-electron chi connectivity index (χ4n) is 5.85. The molecule has 2 fully saturated rings. The summed E-state index contributed by atoms with van der Waals surface area (Å²) in [4.78, 5) is 0. The summed E-state index contributed by atoms with van der Waals surface area (Å²) in [6.07, 6.45) is 7.14. The van der Waals surface area contributed by atoms with E-state index in [9.17, 15) is 8.78 Å². The van der Waals surface area contributed by atoms with Crippen LogP contribution in [0.1, 0.15) is 63.9 Å². The van der Waals surface area contributed by atoms with Crippen molar-refractivity contribution >= 4 is 0 Å². The van der Waals surface area contributed by atoms with Gasteiger partial charge in [-0.1, -0.05) is 31.9 Å². The van der Waals surface area contributed by atoms with Crippen LogP contribution < -0.4 is 4.74 Å². The van der Waals surface area contributed by atoms with Crippen LogP contribution in [0.5, 0.6) is 5.75 Å². The van der Waals surface area contributed by atoms with Crippen molar-refractivity contribution in [3.8, 4) is 16.9 Å². The van der Waals surface area contributed by atoms with Crippen LogP contribution in [-0.2, 0) is 0 Å². The quantitative estimate of drug-likeness (QED) is 0.486. The van der Waals surface area contributed by atoms with E-state index in [0.29, 0.717) is 11.5 Å². The molecule has 0 heterocycles. The van der Waals surface area contributed by atoms with Crippen LogP contribution in [0.2, 0.25) is 0 Å². The van der Waals surface area contributed by atoms with Crippen molar-refractivity contribution in [2.75, 3.05) is 6.61 Å². The zero-order valence-corrected chi connectivity index (χ0v) is 17.2. The summed E-state index contributed by atoms with van der Waals surface area (Å²) in [7, 11) is 0. The van der Waals surface area contributed by atoms with Crippen LogP contribution in [0.25, 0.3) is 11.1 Å². The highest BCUT2D eigenvalue weighted by Gasteiger charge is 2.45. The molecule has 0 saturated heterocycles. The maximum Gasteiger partial charge on any atom is 0.201 e. The first kappa shape index (κ1) is 20.3. The lowest BCUT2D eigenvalue weighted by atomic mass is 9.83. The van der Waals surface area contributed by atoms with Crippen molar-refractivity contribution in [3.05, 3.63) is 53.3 Å². The van der Waals surface area contributed by atoms with E-state index >= 15 is 4.39 Å². The van der Waals surface area contributed by atoms with Crippen LogP contribution in [0, 0.1) is 35.2 Å². The average Bonchev–Trinajstić information content (AvgIpc) is 3.29. The van der Waals surface area contributed by atoms with Gasteiger partial charge in [-0.25, -0.2) is 8.78 Å². The lowest BCUT2D eigenvalue weighted by Gasteiger charge is -2.21. The number of fused-ring (bicyclic) bond motifs is 1. The Morgan fingerprint density at radius 3 is 2.41 bits per heavy atom. The zero-order chi connectivity index (χ0) is 20.5. The molecule has 0 aromatic heterocycles. The van der Waals surface area contributed by atoms with Gasteiger partial charge in [-0.3, -0.25) is 0 Å². The predicted octanol–water partition coefficient (Wildman–Crippen LogP) is 7.49. The van der Waals surface area contributed by atoms with E-state index in [1.54, 1.807) is 19.1 Å². The molecule has 4 atom stereocenters. The first-order chi connectivity index (χ1) is 14.0. The molecule has 0 spiro atoms. The third-order valence-corrected chi connectivity index (χ3v) is 7.07. The minimum absolute atomic E-state index is 0.0598. The molecule has 0 amide bonds. The highest BCUT2D eigenvalue weighted by atomic mass is 19.2. The van der Waals surface area contributed by atoms with Gasteiger partial charge in [0.05, 0.1) is 6.61 Å². The minimum Gasteiger partial charge on any atom is -0.491 e. The largest absolute Gasteiger partial charge is 0.491 e. The smallest absolute Gasteiger partial charge is 0.201 e. The fourth-order valence-corrected chi connectivity index (χ4v) is 5.85. The fraction of sp³-hybridized carbons (Fsp3) is 0.520. The second kappa shape index (κ2) is 8.41. The van der Waals surface area contributed by atoms with Crippen LogP contribution in [-0.4, -0.2) is 6.61 Å². The number of benzene rings is 2. The molecule has 2 aliphatic carbocycles. The van der Waals surface area contributed by atoms with Gasteiger partial charge in [0.1, 0.15) is 5.82 Å². The Bertz CT molecular complexity index is 879. The first-order valence-corrected chi connectivity index (χ1v) is 11.0. The second-order valence-electron chi connectivity index (χ2n) is 8.55. The molecule has 4 rings (SSSR count). The summed E-state index contributed by atoms with van der Waals surface area (Å²) in [6.45, 7) is 4.20. The van der Waals surface area contributed by atoms with Gasteiger partial charge in [-0.2, -0.15) is 4.39 Å². The topological polar surface area (TPSA) is 9.23 Å². The van der Waals surface area contributed by atoms with E-state index in [0.717, 1.165) is 23.8 Å². The van der Waals surface area contributed by atoms with Crippen molar-refractivity contribution in [1.29, 1.82) is 0 Å². The molecule has 29 heavy (non-hydrogen) atoms. The predicted molar refractivity (Wildman–Crippen MR) is 110 cm³/mol. The lowest BCUT2D eigenvalue weighted by molar-refractivity contribution is 0.314. The van der Waals surface area contributed by atoms with E-state index < -0.39 is 11.6 Å². The minimum atomic E-state index is -1.03. The Kier molecular flexibility index (Phi) is 5.89. The van der Waals surface area contributed by atoms with Crippen LogP contribution in [0.4, 0.5) is 13.2 Å². The van der Waals surface area contributed by atoms with Gasteiger partial charge < -0.3 is 4.74 Å². The zero-order valence-electron chi connectivity index (χ0n) is 17.2. The van der Waals surface area contributed by atoms with Crippen molar-refractivity contribution in [1.82, 2.24) is 0 Å². The van der Waals surface area contributed by atoms with Gasteiger partial charge in [-0.05, 0) is 85.6 Å². The maximum absolute atomic E-state index is 15.1. The molecule has 2 aliphatic rings. The van der Waals surface area contributed by atoms with E-state index in [4.69, 9.17) is 4.74 Å². The van der Waals surface area contributed by atoms with Gasteiger partial charge in [0, 0.05) is 5.56 Å². The van der Waals surface area contributed by atoms with E-state index in [-0.39, 0.29) is 29.7 Å². The van der Waals surface area contributed by atoms with Gasteiger partial charge in [-0.15, -0.1) is 0 Å². The Balaban J connectivity index is 1.59. The molecule has 2 aromatic carbocycles. The summed E-state index contributed by atoms with van der Waals surface area (Å²) < 4.78 is 48.9. The second-order valence-corrected chi connectivity index (χ2v) is 8.55. The molecule has 0 radical (unpaired) electrons. The Morgan fingerprint density at radius 1 is 0.897 bits per heavy atom. The van der Waals surface area contributed by atoms with E-state index in [1.807, 2.05) is 0 Å². The summed E-state index contributed by atoms with van der Waals surface area (Å²) in [5.74, 6) is -0.131. The average molecular weight is 403 g/mol. The highest BCUT2D eigenvalue weighted by molar-refractivity contribution is 5.66. The summed E-state index contributed by atoms with van der Waals surface area (Å²) in [5, 5.41) is 0. The van der Waals surface area contributed by atoms with Crippen molar-refractivity contribution < 1.29 is 17.9 Å². The molecule has 2 saturated carbocycles. The molecule has 4 unspecified atom stereocenters. The number of hydrogen-bond acceptors (Lipinski definition) is 1. The van der Waals surface area contributed by atoms with Crippen molar-refractivity contribution in [2.45, 2.75) is 58.3 Å². The normalized spacial score (nSPS) is 26.0. The molecule has 0 aliphatic heterocycles. The lowest BCUT2D eigenvalue weighted by Crippen LogP contribution is -2.13. The van der Waals surface area contributed by atoms with Crippen LogP contribution >= 0.6 is 0 Å². The Morgan fingerprint density at radius 2 is 1.69 bits per heavy atom. The van der Waals surface area contributed by atoms with Gasteiger partial charge in [0.25, 0.3) is 0 Å². The molecular formula is C25H29F3O. The van der Waals surface area contributed by atoms with Gasteiger partial charge in [0.15, 0.2) is 11.6 Å². The number of hydrogen-bond donors (Lipinski definition) is 0. The third kappa shape index (κ3) is 3.67. The van der Waals surface area contributed by atoms with Crippen LogP contribution in [0.15, 0.2) is 30.3 Å². The molecule has 0 N–H and O–H groups in total. The first-order valence-electron chi connectivity index (χ1n) is 11.0. The SMILES string of the molecule is CCCC1CCC2C(c3ccc(-c4ccc(OCC)c(F)c4F)cc3F)CCC12. The molecular weight excluding hydrogens is 373 g/mol. The summed E-state index contributed by atoms with van der Waals surface area (Å²) in [6, 6.07) is 7.73. The number of halogens is 3. The maximum atomic E-state index is 15.1. The van der Waals surface area contributed by atoms with Crippen LogP contribution in [0.3, 0.4) is 0 Å². The molecule has 4 heteroatoms. The summed E-state index contributed by atoms with van der Waals surface area (Å²) >= 11 is 0. The van der Waals surface area contributed by atoms with E-state index in [2.05, 4.69) is 6.92 Å². The van der Waals surface area contributed by atoms with E-state index in [1.165, 1.54) is 50.3 Å². The Labute approximate surface area is 171 Å². The Hall–Kier alpha value is -1.97. The number of rotatable bonds is 6. The van der Waals surface area contributed by atoms with Crippen molar-refractivity contribution in [3.63, 3.8) is 0 Å². The molecule has 156 valence electrons. The monoisotopic (exact) mass is 402 g/mol.